The molecule has 12 heteroatoms. The molecule has 10 nitrogen and oxygen atoms in total. The molecule has 0 aromatic carbocycles. The number of nitrogens with zero attached hydrogens (tertiary/aromatic N) is 5. The highest BCUT2D eigenvalue weighted by Gasteiger charge is 2.35. The zero-order valence-corrected chi connectivity index (χ0v) is 19.0. The van der Waals surface area contributed by atoms with Crippen LogP contribution in [0.5, 0.6) is 0 Å². The van der Waals surface area contributed by atoms with Crippen molar-refractivity contribution in [2.75, 3.05) is 31.2 Å². The first-order valence-electron chi connectivity index (χ1n) is 11.0. The van der Waals surface area contributed by atoms with E-state index in [1.54, 1.807) is 4.90 Å². The molecule has 0 spiro atoms. The molecule has 2 aliphatic heterocycles. The van der Waals surface area contributed by atoms with Gasteiger partial charge >= 0.3 is 5.97 Å². The van der Waals surface area contributed by atoms with E-state index in [1.807, 2.05) is 0 Å². The maximum absolute atomic E-state index is 15.0. The normalized spacial score (nSPS) is 18.7. The van der Waals surface area contributed by atoms with E-state index >= 15 is 0 Å². The number of anilines is 1. The summed E-state index contributed by atoms with van der Waals surface area (Å²) in [6.07, 6.45) is 5.81. The van der Waals surface area contributed by atoms with Gasteiger partial charge in [0.25, 0.3) is 0 Å². The molecule has 3 aromatic rings. The molecule has 5 heterocycles. The molecule has 0 bridgehead atoms. The van der Waals surface area contributed by atoms with Crippen LogP contribution in [0, 0.1) is 17.7 Å². The molecule has 0 aliphatic carbocycles. The van der Waals surface area contributed by atoms with Crippen LogP contribution in [0.4, 0.5) is 10.2 Å². The number of fused-ring (bicyclic) bond motifs is 1. The number of aromatic nitrogens is 4. The lowest BCUT2D eigenvalue weighted by Gasteiger charge is -2.39. The number of aromatic carboxylic acids is 1. The molecule has 0 radical (unpaired) electrons. The number of ether oxygens (including phenoxy) is 1. The number of carbonyl (C=O) groups is 2. The van der Waals surface area contributed by atoms with Crippen LogP contribution in [0.15, 0.2) is 23.4 Å². The van der Waals surface area contributed by atoms with E-state index in [0.29, 0.717) is 37.2 Å². The van der Waals surface area contributed by atoms with Crippen LogP contribution in [0.2, 0.25) is 0 Å². The molecule has 3 aromatic heterocycles. The molecular weight excluding hydrogens is 465 g/mol. The zero-order chi connectivity index (χ0) is 23.8. The molecule has 178 valence electrons. The van der Waals surface area contributed by atoms with E-state index in [0.717, 1.165) is 49.7 Å². The summed E-state index contributed by atoms with van der Waals surface area (Å²) in [6, 6.07) is 1.00. The van der Waals surface area contributed by atoms with Gasteiger partial charge in [-0.2, -0.15) is 4.37 Å². The van der Waals surface area contributed by atoms with E-state index in [2.05, 4.69) is 14.3 Å². The Bertz CT molecular complexity index is 1300. The summed E-state index contributed by atoms with van der Waals surface area (Å²) >= 11 is 0.983. The summed E-state index contributed by atoms with van der Waals surface area (Å²) in [5.74, 6) is -1.79. The van der Waals surface area contributed by atoms with Crippen molar-refractivity contribution in [1.29, 1.82) is 0 Å². The first-order chi connectivity index (χ1) is 16.4. The second kappa shape index (κ2) is 9.18. The Balaban J connectivity index is 1.38. The maximum Gasteiger partial charge on any atom is 0.341 e. The van der Waals surface area contributed by atoms with Crippen molar-refractivity contribution < 1.29 is 23.8 Å². The fourth-order valence-corrected chi connectivity index (χ4v) is 4.96. The fraction of sp³-hybridized carbons (Fsp3) is 0.455. The van der Waals surface area contributed by atoms with Gasteiger partial charge in [-0.1, -0.05) is 0 Å². The third-order valence-corrected chi connectivity index (χ3v) is 7.05. The maximum atomic E-state index is 15.0. The van der Waals surface area contributed by atoms with Gasteiger partial charge in [-0.3, -0.25) is 14.2 Å². The minimum atomic E-state index is -1.43. The number of carboxylic acid groups (broad SMARTS) is 1. The van der Waals surface area contributed by atoms with Gasteiger partial charge in [0.1, 0.15) is 17.7 Å². The summed E-state index contributed by atoms with van der Waals surface area (Å²) in [5, 5.41) is 9.53. The largest absolute Gasteiger partial charge is 0.477 e. The summed E-state index contributed by atoms with van der Waals surface area (Å²) in [4.78, 5) is 46.9. The van der Waals surface area contributed by atoms with E-state index in [4.69, 9.17) is 4.74 Å². The third-order valence-electron chi connectivity index (χ3n) is 6.39. The first kappa shape index (κ1) is 22.5. The minimum absolute atomic E-state index is 0.0120. The highest BCUT2D eigenvalue weighted by molar-refractivity contribution is 7.08. The van der Waals surface area contributed by atoms with Crippen LogP contribution < -0.4 is 10.3 Å². The van der Waals surface area contributed by atoms with Gasteiger partial charge in [-0.05, 0) is 31.2 Å². The summed E-state index contributed by atoms with van der Waals surface area (Å²) in [6.45, 7) is 2.17. The van der Waals surface area contributed by atoms with Crippen LogP contribution in [-0.2, 0) is 9.53 Å². The lowest BCUT2D eigenvalue weighted by Crippen LogP contribution is -2.51. The standard InChI is InChI=1S/C22H22FN5O5S/c23-16-6-14-18(30)15(21(31)32)9-28(22-24-11-25-34-22)19(14)26-20(16)27-7-13(8-27)17(29)4-3-12-2-1-5-33-10-12/h6,9,11-13H,1-5,7-8,10H2,(H,31,32). The summed E-state index contributed by atoms with van der Waals surface area (Å²) in [7, 11) is 0. The molecule has 2 saturated heterocycles. The second-order valence-electron chi connectivity index (χ2n) is 8.63. The highest BCUT2D eigenvalue weighted by atomic mass is 32.1. The van der Waals surface area contributed by atoms with Crippen molar-refractivity contribution in [3.8, 4) is 5.13 Å². The second-order valence-corrected chi connectivity index (χ2v) is 9.38. The summed E-state index contributed by atoms with van der Waals surface area (Å²) in [5.41, 5.74) is -1.27. The van der Waals surface area contributed by atoms with E-state index in [1.165, 1.54) is 10.9 Å². The Labute approximate surface area is 197 Å². The smallest absolute Gasteiger partial charge is 0.341 e. The number of hydrogen-bond donors (Lipinski definition) is 1. The molecule has 1 atom stereocenters. The van der Waals surface area contributed by atoms with E-state index < -0.39 is 22.8 Å². The average Bonchev–Trinajstić information content (AvgIpc) is 3.33. The monoisotopic (exact) mass is 487 g/mol. The zero-order valence-electron chi connectivity index (χ0n) is 18.1. The number of rotatable bonds is 7. The third kappa shape index (κ3) is 4.18. The van der Waals surface area contributed by atoms with Crippen LogP contribution >= 0.6 is 11.5 Å². The van der Waals surface area contributed by atoms with E-state index in [9.17, 15) is 23.9 Å². The van der Waals surface area contributed by atoms with Gasteiger partial charge < -0.3 is 14.7 Å². The number of hydrogen-bond acceptors (Lipinski definition) is 9. The first-order valence-corrected chi connectivity index (χ1v) is 11.8. The van der Waals surface area contributed by atoms with Gasteiger partial charge in [0.05, 0.1) is 11.3 Å². The quantitative estimate of drug-likeness (QED) is 0.534. The van der Waals surface area contributed by atoms with Crippen LogP contribution in [-0.4, -0.2) is 62.1 Å². The molecule has 1 unspecified atom stereocenters. The van der Waals surface area contributed by atoms with Gasteiger partial charge in [0, 0.05) is 50.5 Å². The Hall–Kier alpha value is -3.25. The van der Waals surface area contributed by atoms with Crippen LogP contribution in [0.3, 0.4) is 0 Å². The SMILES string of the molecule is O=C(O)c1cn(-c2ncns2)c2nc(N3CC(C(=O)CCC4CCCOC4)C3)c(F)cc2c1=O. The van der Waals surface area contributed by atoms with Gasteiger partial charge in [-0.25, -0.2) is 19.2 Å². The van der Waals surface area contributed by atoms with Gasteiger partial charge in [0.15, 0.2) is 17.3 Å². The predicted molar refractivity (Wildman–Crippen MR) is 121 cm³/mol. The fourth-order valence-electron chi connectivity index (χ4n) is 4.45. The van der Waals surface area contributed by atoms with Crippen molar-refractivity contribution >= 4 is 40.1 Å². The number of Topliss-reactive ketones (excluding diaryl/α,β-unsaturated/α-hetero) is 1. The Morgan fingerprint density at radius 1 is 1.32 bits per heavy atom. The Kier molecular flexibility index (Phi) is 6.09. The predicted octanol–water partition coefficient (Wildman–Crippen LogP) is 2.29. The molecule has 34 heavy (non-hydrogen) atoms. The Morgan fingerprint density at radius 2 is 2.15 bits per heavy atom. The molecule has 1 N–H and O–H groups in total. The minimum Gasteiger partial charge on any atom is -0.477 e. The number of halogens is 1. The highest BCUT2D eigenvalue weighted by Crippen LogP contribution is 2.30. The van der Waals surface area contributed by atoms with Crippen molar-refractivity contribution in [1.82, 2.24) is 18.9 Å². The van der Waals surface area contributed by atoms with Crippen LogP contribution in [0.25, 0.3) is 16.2 Å². The number of ketones is 1. The Morgan fingerprint density at radius 3 is 2.82 bits per heavy atom. The van der Waals surface area contributed by atoms with Crippen molar-refractivity contribution in [2.45, 2.75) is 25.7 Å². The molecule has 2 fully saturated rings. The molecule has 5 rings (SSSR count). The molecule has 2 aliphatic rings. The van der Waals surface area contributed by atoms with Crippen molar-refractivity contribution in [3.63, 3.8) is 0 Å². The number of carbonyl (C=O) groups excluding carboxylic acids is 1. The van der Waals surface area contributed by atoms with Gasteiger partial charge in [0.2, 0.25) is 10.6 Å². The topological polar surface area (TPSA) is 128 Å². The molecular formula is C22H22FN5O5S. The van der Waals surface area contributed by atoms with Crippen molar-refractivity contribution in [2.24, 2.45) is 11.8 Å². The van der Waals surface area contributed by atoms with Crippen molar-refractivity contribution in [3.05, 3.63) is 40.2 Å². The molecule has 0 saturated carbocycles. The number of pyridine rings is 2. The average molecular weight is 488 g/mol. The molecule has 0 amide bonds. The van der Waals surface area contributed by atoms with E-state index in [-0.39, 0.29) is 28.6 Å². The van der Waals surface area contributed by atoms with Gasteiger partial charge in [-0.15, -0.1) is 0 Å². The lowest BCUT2D eigenvalue weighted by atomic mass is 9.88. The van der Waals surface area contributed by atoms with Crippen LogP contribution in [0.1, 0.15) is 36.0 Å². The lowest BCUT2D eigenvalue weighted by molar-refractivity contribution is -0.124. The number of carboxylic acids is 1. The summed E-state index contributed by atoms with van der Waals surface area (Å²) < 4.78 is 25.7.